The van der Waals surface area contributed by atoms with Crippen molar-refractivity contribution in [1.29, 1.82) is 0 Å². The minimum Gasteiger partial charge on any atom is -0.482 e. The van der Waals surface area contributed by atoms with Gasteiger partial charge in [-0.1, -0.05) is 35.0 Å². The molecule has 0 unspecified atom stereocenters. The lowest BCUT2D eigenvalue weighted by Gasteiger charge is -2.05. The highest BCUT2D eigenvalue weighted by molar-refractivity contribution is 7.99. The molecule has 0 bridgehead atoms. The fourth-order valence-corrected chi connectivity index (χ4v) is 2.91. The lowest BCUT2D eigenvalue weighted by atomic mass is 10.3. The summed E-state index contributed by atoms with van der Waals surface area (Å²) in [5, 5.41) is 12.7. The third-order valence-corrected chi connectivity index (χ3v) is 4.48. The Hall–Kier alpha value is -2.62. The van der Waals surface area contributed by atoms with Crippen LogP contribution in [0.25, 0.3) is 0 Å². The van der Waals surface area contributed by atoms with E-state index in [0.29, 0.717) is 15.8 Å². The normalized spacial score (nSPS) is 10.9. The summed E-state index contributed by atoms with van der Waals surface area (Å²) in [6.07, 6.45) is 4.79. The molecule has 0 aliphatic heterocycles. The Morgan fingerprint density at radius 2 is 2.07 bits per heavy atom. The first-order valence-electron chi connectivity index (χ1n) is 7.85. The van der Waals surface area contributed by atoms with Crippen LogP contribution < -0.4 is 10.2 Å². The Bertz CT molecular complexity index is 968. The van der Waals surface area contributed by atoms with Crippen LogP contribution in [0.2, 0.25) is 10.0 Å². The molecule has 0 saturated heterocycles. The van der Waals surface area contributed by atoms with Crippen LogP contribution in [-0.2, 0) is 11.4 Å². The number of nitrogens with zero attached hydrogens (tertiary/aromatic N) is 4. The maximum absolute atomic E-state index is 11.8. The van der Waals surface area contributed by atoms with Crippen LogP contribution in [0, 0.1) is 0 Å². The topological polar surface area (TPSA) is 102 Å². The minimum absolute atomic E-state index is 0.0390. The molecule has 144 valence electrons. The van der Waals surface area contributed by atoms with Gasteiger partial charge in [-0.3, -0.25) is 9.78 Å². The Kier molecular flexibility index (Phi) is 7.24. The molecular weight excluding hydrogens is 425 g/mol. The van der Waals surface area contributed by atoms with Crippen molar-refractivity contribution in [1.82, 2.24) is 20.6 Å². The summed E-state index contributed by atoms with van der Waals surface area (Å²) in [4.78, 5) is 15.7. The monoisotopic (exact) mass is 437 g/mol. The van der Waals surface area contributed by atoms with E-state index in [1.807, 2.05) is 0 Å². The van der Waals surface area contributed by atoms with Gasteiger partial charge in [-0.15, -0.1) is 10.2 Å². The molecule has 1 aromatic carbocycles. The molecule has 0 aliphatic carbocycles. The molecule has 28 heavy (non-hydrogen) atoms. The first-order valence-corrected chi connectivity index (χ1v) is 9.59. The number of amides is 1. The van der Waals surface area contributed by atoms with Gasteiger partial charge in [0.25, 0.3) is 17.0 Å². The minimum atomic E-state index is -0.306. The van der Waals surface area contributed by atoms with Gasteiger partial charge in [0.15, 0.2) is 6.61 Å². The maximum Gasteiger partial charge on any atom is 0.277 e. The van der Waals surface area contributed by atoms with Gasteiger partial charge < -0.3 is 9.15 Å². The van der Waals surface area contributed by atoms with E-state index in [1.165, 1.54) is 6.21 Å². The largest absolute Gasteiger partial charge is 0.482 e. The van der Waals surface area contributed by atoms with E-state index in [2.05, 4.69) is 25.7 Å². The number of nitrogens with one attached hydrogen (secondary N) is 1. The molecule has 0 aliphatic rings. The van der Waals surface area contributed by atoms with Crippen LogP contribution >= 0.6 is 35.0 Å². The van der Waals surface area contributed by atoms with Gasteiger partial charge in [0.2, 0.25) is 0 Å². The number of rotatable bonds is 8. The summed E-state index contributed by atoms with van der Waals surface area (Å²) in [7, 11) is 0. The summed E-state index contributed by atoms with van der Waals surface area (Å²) < 4.78 is 10.9. The smallest absolute Gasteiger partial charge is 0.277 e. The second-order valence-corrected chi connectivity index (χ2v) is 6.96. The molecule has 0 spiro atoms. The molecule has 3 aromatic rings. The van der Waals surface area contributed by atoms with Crippen LogP contribution in [0.4, 0.5) is 0 Å². The standard InChI is InChI=1S/C17H13Cl2N5O3S/c18-12-1-2-14(13(19)7-12)26-9-16-23-24-17(27-16)28-10-15(25)22-21-8-11-3-5-20-6-4-11/h1-8H,9-10H2,(H,22,25)/b21-8-. The van der Waals surface area contributed by atoms with E-state index in [0.717, 1.165) is 17.3 Å². The number of benzene rings is 1. The molecule has 0 fully saturated rings. The Morgan fingerprint density at radius 3 is 2.86 bits per heavy atom. The van der Waals surface area contributed by atoms with Crippen molar-refractivity contribution < 1.29 is 13.9 Å². The number of hydrogen-bond acceptors (Lipinski definition) is 8. The summed E-state index contributed by atoms with van der Waals surface area (Å²) in [6.45, 7) is 0.0390. The lowest BCUT2D eigenvalue weighted by Crippen LogP contribution is -2.19. The van der Waals surface area contributed by atoms with E-state index in [1.54, 1.807) is 42.7 Å². The number of hydrazone groups is 1. The van der Waals surface area contributed by atoms with Crippen molar-refractivity contribution in [3.8, 4) is 5.75 Å². The maximum atomic E-state index is 11.8. The van der Waals surface area contributed by atoms with Gasteiger partial charge in [-0.25, -0.2) is 5.43 Å². The van der Waals surface area contributed by atoms with E-state index >= 15 is 0 Å². The van der Waals surface area contributed by atoms with E-state index in [4.69, 9.17) is 32.4 Å². The average Bonchev–Trinajstić information content (AvgIpc) is 3.14. The number of carbonyl (C=O) groups excluding carboxylic acids is 1. The quantitative estimate of drug-likeness (QED) is 0.326. The molecule has 1 amide bonds. The zero-order chi connectivity index (χ0) is 19.8. The summed E-state index contributed by atoms with van der Waals surface area (Å²) in [6, 6.07) is 8.41. The van der Waals surface area contributed by atoms with Crippen molar-refractivity contribution in [2.45, 2.75) is 11.8 Å². The summed E-state index contributed by atoms with van der Waals surface area (Å²) >= 11 is 12.9. The molecule has 2 heterocycles. The third-order valence-electron chi connectivity index (χ3n) is 3.13. The SMILES string of the molecule is O=C(CSc1nnc(COc2ccc(Cl)cc2Cl)o1)N/N=C\c1ccncc1. The predicted molar refractivity (Wildman–Crippen MR) is 106 cm³/mol. The first kappa shape index (κ1) is 20.1. The number of thioether (sulfide) groups is 1. The number of aromatic nitrogens is 3. The zero-order valence-electron chi connectivity index (χ0n) is 14.2. The van der Waals surface area contributed by atoms with Crippen molar-refractivity contribution >= 4 is 47.1 Å². The number of halogens is 2. The summed E-state index contributed by atoms with van der Waals surface area (Å²) in [5.41, 5.74) is 3.24. The van der Waals surface area contributed by atoms with Crippen LogP contribution in [0.5, 0.6) is 5.75 Å². The second-order valence-electron chi connectivity index (χ2n) is 5.19. The van der Waals surface area contributed by atoms with Crippen molar-refractivity contribution in [3.63, 3.8) is 0 Å². The molecule has 0 atom stereocenters. The molecule has 11 heteroatoms. The van der Waals surface area contributed by atoms with Gasteiger partial charge in [0.05, 0.1) is 17.0 Å². The Balaban J connectivity index is 1.42. The van der Waals surface area contributed by atoms with Crippen LogP contribution in [0.15, 0.2) is 57.5 Å². The molecule has 2 aromatic heterocycles. The van der Waals surface area contributed by atoms with E-state index < -0.39 is 0 Å². The van der Waals surface area contributed by atoms with Crippen molar-refractivity contribution in [2.75, 3.05) is 5.75 Å². The summed E-state index contributed by atoms with van der Waals surface area (Å²) in [5.74, 6) is 0.466. The van der Waals surface area contributed by atoms with Crippen LogP contribution in [-0.4, -0.2) is 33.1 Å². The van der Waals surface area contributed by atoms with Crippen LogP contribution in [0.3, 0.4) is 0 Å². The van der Waals surface area contributed by atoms with E-state index in [-0.39, 0.29) is 29.4 Å². The number of carbonyl (C=O) groups is 1. The number of pyridine rings is 1. The third kappa shape index (κ3) is 6.22. The van der Waals surface area contributed by atoms with Crippen molar-refractivity contribution in [2.24, 2.45) is 5.10 Å². The first-order chi connectivity index (χ1) is 13.6. The van der Waals surface area contributed by atoms with Crippen LogP contribution in [0.1, 0.15) is 11.5 Å². The highest BCUT2D eigenvalue weighted by Gasteiger charge is 2.11. The second kappa shape index (κ2) is 10.1. The van der Waals surface area contributed by atoms with Crippen molar-refractivity contribution in [3.05, 3.63) is 64.2 Å². The zero-order valence-corrected chi connectivity index (χ0v) is 16.5. The highest BCUT2D eigenvalue weighted by Crippen LogP contribution is 2.28. The van der Waals surface area contributed by atoms with Gasteiger partial charge in [-0.2, -0.15) is 5.10 Å². The Morgan fingerprint density at radius 1 is 1.25 bits per heavy atom. The Labute approximate surface area is 174 Å². The lowest BCUT2D eigenvalue weighted by molar-refractivity contribution is -0.118. The fraction of sp³-hybridized carbons (Fsp3) is 0.118. The predicted octanol–water partition coefficient (Wildman–Crippen LogP) is 3.59. The van der Waals surface area contributed by atoms with Gasteiger partial charge in [-0.05, 0) is 35.9 Å². The van der Waals surface area contributed by atoms with E-state index in [9.17, 15) is 4.79 Å². The molecule has 0 radical (unpaired) electrons. The number of ether oxygens (including phenoxy) is 1. The molecule has 0 saturated carbocycles. The molecule has 3 rings (SSSR count). The van der Waals surface area contributed by atoms with Gasteiger partial charge in [0.1, 0.15) is 5.75 Å². The molecule has 8 nitrogen and oxygen atoms in total. The average molecular weight is 438 g/mol. The molecular formula is C17H13Cl2N5O3S. The van der Waals surface area contributed by atoms with Gasteiger partial charge >= 0.3 is 0 Å². The fourth-order valence-electron chi connectivity index (χ4n) is 1.87. The number of hydrogen-bond donors (Lipinski definition) is 1. The highest BCUT2D eigenvalue weighted by atomic mass is 35.5. The molecule has 1 N–H and O–H groups in total. The van der Waals surface area contributed by atoms with Gasteiger partial charge in [0, 0.05) is 17.4 Å².